The first-order chi connectivity index (χ1) is 12.1. The Hall–Kier alpha value is -2.33. The van der Waals surface area contributed by atoms with Gasteiger partial charge in [-0.05, 0) is 48.4 Å². The van der Waals surface area contributed by atoms with Crippen LogP contribution < -0.4 is 5.32 Å². The molecule has 10 heteroatoms. The van der Waals surface area contributed by atoms with Gasteiger partial charge in [0.15, 0.2) is 0 Å². The molecule has 130 valence electrons. The summed E-state index contributed by atoms with van der Waals surface area (Å²) in [6.45, 7) is 5.80. The van der Waals surface area contributed by atoms with Gasteiger partial charge in [-0.3, -0.25) is 10.1 Å². The van der Waals surface area contributed by atoms with Crippen molar-refractivity contribution in [3.63, 3.8) is 0 Å². The van der Waals surface area contributed by atoms with E-state index in [1.54, 1.807) is 11.6 Å². The Balaban J connectivity index is 1.70. The number of anilines is 1. The van der Waals surface area contributed by atoms with Gasteiger partial charge in [-0.25, -0.2) is 0 Å². The van der Waals surface area contributed by atoms with Crippen molar-refractivity contribution in [1.82, 2.24) is 30.4 Å². The molecule has 1 aromatic carbocycles. The van der Waals surface area contributed by atoms with Crippen molar-refractivity contribution in [3.8, 4) is 5.69 Å². The van der Waals surface area contributed by atoms with Crippen molar-refractivity contribution < 1.29 is 4.79 Å². The minimum atomic E-state index is -0.386. The van der Waals surface area contributed by atoms with Crippen LogP contribution in [-0.4, -0.2) is 41.6 Å². The van der Waals surface area contributed by atoms with Crippen LogP contribution in [0.5, 0.6) is 0 Å². The average molecular weight is 375 g/mol. The van der Waals surface area contributed by atoms with Crippen molar-refractivity contribution >= 4 is 34.1 Å². The topological polar surface area (TPSA) is 98.5 Å². The number of rotatable bonds is 6. The van der Waals surface area contributed by atoms with Crippen LogP contribution in [-0.2, 0) is 11.2 Å². The third-order valence-electron chi connectivity index (χ3n) is 3.34. The molecule has 0 aliphatic heterocycles. The summed E-state index contributed by atoms with van der Waals surface area (Å²) in [7, 11) is 0. The minimum absolute atomic E-state index is 0.164. The van der Waals surface area contributed by atoms with Gasteiger partial charge in [-0.1, -0.05) is 42.2 Å². The van der Waals surface area contributed by atoms with Crippen molar-refractivity contribution in [2.45, 2.75) is 37.6 Å². The molecule has 3 aromatic rings. The van der Waals surface area contributed by atoms with Gasteiger partial charge in [0.2, 0.25) is 16.2 Å². The van der Waals surface area contributed by atoms with Gasteiger partial charge in [-0.15, -0.1) is 15.3 Å². The van der Waals surface area contributed by atoms with Crippen molar-refractivity contribution in [1.29, 1.82) is 0 Å². The summed E-state index contributed by atoms with van der Waals surface area (Å²) in [5.41, 5.74) is 1.97. The van der Waals surface area contributed by atoms with Crippen LogP contribution in [0.2, 0.25) is 0 Å². The number of nitrogens with one attached hydrogen (secondary N) is 1. The largest absolute Gasteiger partial charge is 0.300 e. The zero-order chi connectivity index (χ0) is 17.8. The highest BCUT2D eigenvalue weighted by atomic mass is 32.2. The van der Waals surface area contributed by atoms with E-state index < -0.39 is 0 Å². The molecule has 0 spiro atoms. The van der Waals surface area contributed by atoms with Crippen LogP contribution in [0.1, 0.15) is 24.4 Å². The van der Waals surface area contributed by atoms with Gasteiger partial charge in [0.1, 0.15) is 5.01 Å². The highest BCUT2D eigenvalue weighted by molar-refractivity contribution is 8.00. The molecule has 1 atom stereocenters. The fourth-order valence-corrected chi connectivity index (χ4v) is 3.53. The summed E-state index contributed by atoms with van der Waals surface area (Å²) in [5.74, 6) is -0.164. The molecule has 2 heterocycles. The van der Waals surface area contributed by atoms with Crippen molar-refractivity contribution in [2.24, 2.45) is 0 Å². The van der Waals surface area contributed by atoms with E-state index in [2.05, 4.69) is 31.0 Å². The van der Waals surface area contributed by atoms with Crippen LogP contribution in [0.25, 0.3) is 5.69 Å². The third-order valence-corrected chi connectivity index (χ3v) is 5.35. The molecule has 25 heavy (non-hydrogen) atoms. The number of thioether (sulfide) groups is 1. The molecule has 0 saturated carbocycles. The molecule has 0 aliphatic rings. The van der Waals surface area contributed by atoms with Gasteiger partial charge >= 0.3 is 0 Å². The molecule has 0 radical (unpaired) electrons. The standard InChI is InChI=1S/C15H17N7OS2/c1-4-12-17-18-14(25-12)16-13(23)10(3)24-15-19-20-21-22(15)11-7-5-6-9(2)8-11/h5-8,10H,4H2,1-3H3,(H,16,18,23)/t10-/m1/s1. The number of carbonyl (C=O) groups is 1. The van der Waals surface area contributed by atoms with E-state index in [0.717, 1.165) is 22.7 Å². The predicted octanol–water partition coefficient (Wildman–Crippen LogP) is 2.50. The number of nitrogens with zero attached hydrogens (tertiary/aromatic N) is 6. The number of hydrogen-bond donors (Lipinski definition) is 1. The molecule has 0 fully saturated rings. The molecule has 0 saturated heterocycles. The van der Waals surface area contributed by atoms with E-state index in [0.29, 0.717) is 10.3 Å². The van der Waals surface area contributed by atoms with Gasteiger partial charge in [-0.2, -0.15) is 4.68 Å². The van der Waals surface area contributed by atoms with E-state index >= 15 is 0 Å². The smallest absolute Gasteiger partial charge is 0.239 e. The van der Waals surface area contributed by atoms with Crippen LogP contribution in [0.4, 0.5) is 5.13 Å². The molecule has 8 nitrogen and oxygen atoms in total. The number of hydrogen-bond acceptors (Lipinski definition) is 8. The quantitative estimate of drug-likeness (QED) is 0.661. The summed E-state index contributed by atoms with van der Waals surface area (Å²) in [6.07, 6.45) is 0.795. The second-order valence-corrected chi connectivity index (χ2v) is 7.69. The number of benzene rings is 1. The molecular formula is C15H17N7OS2. The Labute approximate surface area is 153 Å². The van der Waals surface area contributed by atoms with Gasteiger partial charge in [0, 0.05) is 0 Å². The number of aromatic nitrogens is 6. The molecule has 0 bridgehead atoms. The van der Waals surface area contributed by atoms with Gasteiger partial charge in [0.25, 0.3) is 0 Å². The first-order valence-electron chi connectivity index (χ1n) is 7.72. The van der Waals surface area contributed by atoms with E-state index in [1.165, 1.54) is 23.1 Å². The lowest BCUT2D eigenvalue weighted by atomic mass is 10.2. The number of carbonyl (C=O) groups excluding carboxylic acids is 1. The maximum Gasteiger partial charge on any atom is 0.239 e. The predicted molar refractivity (Wildman–Crippen MR) is 97.1 cm³/mol. The van der Waals surface area contributed by atoms with Crippen LogP contribution in [0, 0.1) is 6.92 Å². The highest BCUT2D eigenvalue weighted by Gasteiger charge is 2.20. The van der Waals surface area contributed by atoms with E-state index in [-0.39, 0.29) is 11.2 Å². The Morgan fingerprint density at radius 3 is 2.92 bits per heavy atom. The summed E-state index contributed by atoms with van der Waals surface area (Å²) < 4.78 is 1.63. The summed E-state index contributed by atoms with van der Waals surface area (Å²) >= 11 is 2.67. The van der Waals surface area contributed by atoms with Crippen molar-refractivity contribution in [2.75, 3.05) is 5.32 Å². The van der Waals surface area contributed by atoms with Crippen molar-refractivity contribution in [3.05, 3.63) is 34.8 Å². The SMILES string of the molecule is CCc1nnc(NC(=O)[C@@H](C)Sc2nnnn2-c2cccc(C)c2)s1. The normalized spacial score (nSPS) is 12.1. The van der Waals surface area contributed by atoms with Crippen LogP contribution in [0.15, 0.2) is 29.4 Å². The minimum Gasteiger partial charge on any atom is -0.300 e. The molecular weight excluding hydrogens is 358 g/mol. The van der Waals surface area contributed by atoms with Crippen LogP contribution in [0.3, 0.4) is 0 Å². The lowest BCUT2D eigenvalue weighted by Crippen LogP contribution is -2.22. The second-order valence-electron chi connectivity index (χ2n) is 5.32. The molecule has 3 rings (SSSR count). The number of tetrazole rings is 1. The number of amides is 1. The first kappa shape index (κ1) is 17.5. The maximum absolute atomic E-state index is 12.4. The first-order valence-corrected chi connectivity index (χ1v) is 9.41. The summed E-state index contributed by atoms with van der Waals surface area (Å²) in [5, 5.41) is 24.1. The number of aryl methyl sites for hydroxylation is 2. The monoisotopic (exact) mass is 375 g/mol. The van der Waals surface area contributed by atoms with Crippen LogP contribution >= 0.6 is 23.1 Å². The average Bonchev–Trinajstić information content (AvgIpc) is 3.24. The summed E-state index contributed by atoms with van der Waals surface area (Å²) in [4.78, 5) is 12.4. The van der Waals surface area contributed by atoms with Gasteiger partial charge < -0.3 is 0 Å². The molecule has 0 aliphatic carbocycles. The Kier molecular flexibility index (Phi) is 5.39. The van der Waals surface area contributed by atoms with Gasteiger partial charge in [0.05, 0.1) is 10.9 Å². The molecule has 0 unspecified atom stereocenters. The molecule has 1 amide bonds. The Bertz CT molecular complexity index is 876. The lowest BCUT2D eigenvalue weighted by Gasteiger charge is -2.10. The lowest BCUT2D eigenvalue weighted by molar-refractivity contribution is -0.115. The fraction of sp³-hybridized carbons (Fsp3) is 0.333. The third kappa shape index (κ3) is 4.20. The van der Waals surface area contributed by atoms with E-state index in [1.807, 2.05) is 38.1 Å². The highest BCUT2D eigenvalue weighted by Crippen LogP contribution is 2.24. The zero-order valence-corrected chi connectivity index (χ0v) is 15.6. The van der Waals surface area contributed by atoms with E-state index in [4.69, 9.17) is 0 Å². The molecule has 2 aromatic heterocycles. The fourth-order valence-electron chi connectivity index (χ4n) is 2.04. The Morgan fingerprint density at radius 1 is 1.36 bits per heavy atom. The molecule has 1 N–H and O–H groups in total. The second kappa shape index (κ2) is 7.70. The maximum atomic E-state index is 12.4. The Morgan fingerprint density at radius 2 is 2.20 bits per heavy atom. The summed E-state index contributed by atoms with van der Waals surface area (Å²) in [6, 6.07) is 7.85. The van der Waals surface area contributed by atoms with E-state index in [9.17, 15) is 4.79 Å². The zero-order valence-electron chi connectivity index (χ0n) is 14.0.